The highest BCUT2D eigenvalue weighted by molar-refractivity contribution is 6.31. The van der Waals surface area contributed by atoms with Gasteiger partial charge in [0.2, 0.25) is 5.69 Å². The van der Waals surface area contributed by atoms with Gasteiger partial charge in [0, 0.05) is 29.9 Å². The first-order valence-electron chi connectivity index (χ1n) is 10.4. The molecule has 0 unspecified atom stereocenters. The van der Waals surface area contributed by atoms with Gasteiger partial charge >= 0.3 is 5.69 Å². The Morgan fingerprint density at radius 3 is 2.44 bits per heavy atom. The van der Waals surface area contributed by atoms with Crippen molar-refractivity contribution in [2.24, 2.45) is 0 Å². The molecular weight excluding hydrogens is 461 g/mol. The number of rotatable bonds is 7. The molecule has 0 aliphatic carbocycles. The Morgan fingerprint density at radius 1 is 1.00 bits per heavy atom. The number of aromatic nitrogens is 4. The van der Waals surface area contributed by atoms with Crippen LogP contribution in [0.3, 0.4) is 0 Å². The lowest BCUT2D eigenvalue weighted by molar-refractivity contribution is 0.0944. The number of nitrogens with one attached hydrogen (secondary N) is 1. The van der Waals surface area contributed by atoms with Crippen molar-refractivity contribution in [3.05, 3.63) is 122 Å². The third-order valence-corrected chi connectivity index (χ3v) is 5.39. The Kier molecular flexibility index (Phi) is 6.93. The summed E-state index contributed by atoms with van der Waals surface area (Å²) >= 11 is 6.22. The van der Waals surface area contributed by atoms with E-state index in [0.717, 1.165) is 27.1 Å². The zero-order valence-corrected chi connectivity index (χ0v) is 18.6. The Hall–Kier alpha value is -4.11. The standard InChI is InChI=1S/C24H19ClFN5O3/c25-20-7-2-1-5-16(20)15-30-23(33)21(22(32)28-14-12-18-6-3-4-13-27-18)29-31(24(30)34)19-10-8-17(26)9-11-19/h1-11,13H,12,14-15H2,(H,28,32). The molecule has 0 radical (unpaired) electrons. The minimum Gasteiger partial charge on any atom is -0.350 e. The van der Waals surface area contributed by atoms with Crippen LogP contribution in [-0.4, -0.2) is 31.8 Å². The molecule has 4 aromatic rings. The Labute approximate surface area is 198 Å². The highest BCUT2D eigenvalue weighted by Crippen LogP contribution is 2.15. The largest absolute Gasteiger partial charge is 0.352 e. The molecule has 2 aromatic heterocycles. The van der Waals surface area contributed by atoms with E-state index >= 15 is 0 Å². The predicted molar refractivity (Wildman–Crippen MR) is 125 cm³/mol. The second-order valence-corrected chi connectivity index (χ2v) is 7.74. The van der Waals surface area contributed by atoms with Gasteiger partial charge in [-0.1, -0.05) is 35.9 Å². The molecule has 0 saturated heterocycles. The molecule has 0 atom stereocenters. The molecule has 34 heavy (non-hydrogen) atoms. The maximum absolute atomic E-state index is 13.4. The molecule has 4 rings (SSSR count). The fourth-order valence-electron chi connectivity index (χ4n) is 3.28. The van der Waals surface area contributed by atoms with Crippen molar-refractivity contribution < 1.29 is 9.18 Å². The normalized spacial score (nSPS) is 10.8. The van der Waals surface area contributed by atoms with Crippen molar-refractivity contribution in [3.8, 4) is 5.69 Å². The summed E-state index contributed by atoms with van der Waals surface area (Å²) in [6.07, 6.45) is 2.09. The maximum Gasteiger partial charge on any atom is 0.352 e. The highest BCUT2D eigenvalue weighted by atomic mass is 35.5. The number of hydrogen-bond donors (Lipinski definition) is 1. The SMILES string of the molecule is O=C(NCCc1ccccn1)c1nn(-c2ccc(F)cc2)c(=O)n(Cc2ccccc2Cl)c1=O. The van der Waals surface area contributed by atoms with Crippen LogP contribution in [0, 0.1) is 5.82 Å². The van der Waals surface area contributed by atoms with Crippen LogP contribution >= 0.6 is 11.6 Å². The first-order valence-corrected chi connectivity index (χ1v) is 10.7. The molecule has 0 saturated carbocycles. The van der Waals surface area contributed by atoms with Crippen LogP contribution in [0.4, 0.5) is 4.39 Å². The van der Waals surface area contributed by atoms with Crippen LogP contribution in [0.25, 0.3) is 5.69 Å². The average molecular weight is 480 g/mol. The van der Waals surface area contributed by atoms with E-state index in [0.29, 0.717) is 17.0 Å². The summed E-state index contributed by atoms with van der Waals surface area (Å²) in [5.41, 5.74) is -0.649. The molecule has 0 spiro atoms. The van der Waals surface area contributed by atoms with Gasteiger partial charge in [0.25, 0.3) is 11.5 Å². The molecule has 1 amide bonds. The fourth-order valence-corrected chi connectivity index (χ4v) is 3.47. The molecule has 0 aliphatic heterocycles. The molecule has 0 fully saturated rings. The van der Waals surface area contributed by atoms with Crippen molar-refractivity contribution in [2.75, 3.05) is 6.54 Å². The number of amides is 1. The van der Waals surface area contributed by atoms with Crippen molar-refractivity contribution >= 4 is 17.5 Å². The number of carbonyl (C=O) groups is 1. The number of halogens is 2. The van der Waals surface area contributed by atoms with Crippen molar-refractivity contribution in [2.45, 2.75) is 13.0 Å². The number of carbonyl (C=O) groups excluding carboxylic acids is 1. The van der Waals surface area contributed by atoms with Crippen LogP contribution in [0.2, 0.25) is 5.02 Å². The van der Waals surface area contributed by atoms with Crippen LogP contribution in [0.15, 0.2) is 82.5 Å². The average Bonchev–Trinajstić information content (AvgIpc) is 2.84. The summed E-state index contributed by atoms with van der Waals surface area (Å²) in [7, 11) is 0. The molecule has 0 bridgehead atoms. The van der Waals surface area contributed by atoms with E-state index in [1.165, 1.54) is 12.1 Å². The lowest BCUT2D eigenvalue weighted by atomic mass is 10.2. The summed E-state index contributed by atoms with van der Waals surface area (Å²) in [5.74, 6) is -1.25. The van der Waals surface area contributed by atoms with Gasteiger partial charge in [-0.2, -0.15) is 9.78 Å². The van der Waals surface area contributed by atoms with Crippen LogP contribution in [-0.2, 0) is 13.0 Å². The first-order chi connectivity index (χ1) is 16.4. The molecular formula is C24H19ClFN5O3. The summed E-state index contributed by atoms with van der Waals surface area (Å²) in [5, 5.41) is 7.01. The van der Waals surface area contributed by atoms with E-state index in [4.69, 9.17) is 11.6 Å². The molecule has 2 aromatic carbocycles. The van der Waals surface area contributed by atoms with Gasteiger partial charge < -0.3 is 5.32 Å². The van der Waals surface area contributed by atoms with Gasteiger partial charge in [0.1, 0.15) is 5.82 Å². The number of nitrogens with zero attached hydrogens (tertiary/aromatic N) is 4. The monoisotopic (exact) mass is 479 g/mol. The molecule has 8 nitrogen and oxygen atoms in total. The predicted octanol–water partition coefficient (Wildman–Crippen LogP) is 2.60. The first kappa shape index (κ1) is 23.1. The molecule has 1 N–H and O–H groups in total. The lowest BCUT2D eigenvalue weighted by Crippen LogP contribution is -2.46. The van der Waals surface area contributed by atoms with Crippen LogP contribution in [0.5, 0.6) is 0 Å². The minimum absolute atomic E-state index is 0.171. The second kappa shape index (κ2) is 10.2. The molecule has 172 valence electrons. The number of benzene rings is 2. The summed E-state index contributed by atoms with van der Waals surface area (Å²) < 4.78 is 15.2. The maximum atomic E-state index is 13.4. The zero-order chi connectivity index (χ0) is 24.1. The topological polar surface area (TPSA) is 98.9 Å². The van der Waals surface area contributed by atoms with E-state index < -0.39 is 28.7 Å². The van der Waals surface area contributed by atoms with E-state index in [-0.39, 0.29) is 18.8 Å². The third-order valence-electron chi connectivity index (χ3n) is 5.03. The van der Waals surface area contributed by atoms with Crippen LogP contribution < -0.4 is 16.6 Å². The van der Waals surface area contributed by atoms with Crippen LogP contribution in [0.1, 0.15) is 21.7 Å². The van der Waals surface area contributed by atoms with Gasteiger partial charge in [-0.05, 0) is 48.0 Å². The molecule has 10 heteroatoms. The second-order valence-electron chi connectivity index (χ2n) is 7.33. The smallest absolute Gasteiger partial charge is 0.350 e. The number of hydrogen-bond acceptors (Lipinski definition) is 5. The lowest BCUT2D eigenvalue weighted by Gasteiger charge is -2.13. The van der Waals surface area contributed by atoms with Crippen molar-refractivity contribution in [1.82, 2.24) is 24.6 Å². The van der Waals surface area contributed by atoms with E-state index in [1.54, 1.807) is 36.5 Å². The van der Waals surface area contributed by atoms with E-state index in [2.05, 4.69) is 15.4 Å². The summed E-state index contributed by atoms with van der Waals surface area (Å²) in [6, 6.07) is 17.1. The van der Waals surface area contributed by atoms with Gasteiger partial charge in [-0.15, -0.1) is 0 Å². The fraction of sp³-hybridized carbons (Fsp3) is 0.125. The third kappa shape index (κ3) is 5.10. The van der Waals surface area contributed by atoms with Crippen molar-refractivity contribution in [1.29, 1.82) is 0 Å². The van der Waals surface area contributed by atoms with Gasteiger partial charge in [-0.25, -0.2) is 9.18 Å². The zero-order valence-electron chi connectivity index (χ0n) is 17.8. The Morgan fingerprint density at radius 2 is 1.74 bits per heavy atom. The summed E-state index contributed by atoms with van der Waals surface area (Å²) in [4.78, 5) is 43.3. The minimum atomic E-state index is -0.862. The Balaban J connectivity index is 1.72. The van der Waals surface area contributed by atoms with Crippen molar-refractivity contribution in [3.63, 3.8) is 0 Å². The molecule has 0 aliphatic rings. The summed E-state index contributed by atoms with van der Waals surface area (Å²) in [6.45, 7) is 0.0342. The highest BCUT2D eigenvalue weighted by Gasteiger charge is 2.21. The van der Waals surface area contributed by atoms with Gasteiger partial charge in [0.15, 0.2) is 0 Å². The quantitative estimate of drug-likeness (QED) is 0.439. The van der Waals surface area contributed by atoms with Gasteiger partial charge in [0.05, 0.1) is 12.2 Å². The Bertz CT molecular complexity index is 1440. The number of pyridine rings is 1. The molecule has 2 heterocycles. The van der Waals surface area contributed by atoms with Gasteiger partial charge in [-0.3, -0.25) is 19.1 Å². The van der Waals surface area contributed by atoms with E-state index in [9.17, 15) is 18.8 Å². The van der Waals surface area contributed by atoms with E-state index in [1.807, 2.05) is 12.1 Å².